The normalized spacial score (nSPS) is 10.6. The number of para-hydroxylation sites is 1. The van der Waals surface area contributed by atoms with Crippen molar-refractivity contribution in [2.75, 3.05) is 16.4 Å². The number of nitrogen functional groups attached to an aromatic ring is 1. The van der Waals surface area contributed by atoms with Crippen LogP contribution in [0.25, 0.3) is 0 Å². The Morgan fingerprint density at radius 3 is 2.48 bits per heavy atom. The highest BCUT2D eigenvalue weighted by Gasteiger charge is 2.10. The summed E-state index contributed by atoms with van der Waals surface area (Å²) in [5.41, 5.74) is 9.88. The highest BCUT2D eigenvalue weighted by atomic mass is 16.2. The molecule has 2 rings (SSSR count). The molecule has 0 bridgehead atoms. The van der Waals surface area contributed by atoms with Gasteiger partial charge in [-0.05, 0) is 42.7 Å². The van der Waals surface area contributed by atoms with Crippen molar-refractivity contribution in [3.63, 3.8) is 0 Å². The molecular weight excluding hydrogens is 314 g/mol. The van der Waals surface area contributed by atoms with Crippen LogP contribution < -0.4 is 16.4 Å². The van der Waals surface area contributed by atoms with Gasteiger partial charge in [0.15, 0.2) is 0 Å². The van der Waals surface area contributed by atoms with E-state index >= 15 is 0 Å². The van der Waals surface area contributed by atoms with Gasteiger partial charge in [-0.15, -0.1) is 0 Å². The Morgan fingerprint density at radius 2 is 1.80 bits per heavy atom. The molecule has 0 aliphatic heterocycles. The standard InChI is InChI=1S/C20H25N3O2/c1-13(2)20(25)22-16-10-8-14(3)18(12-16)23-19(24)11-9-15-6-4-5-7-17(15)21/h4-8,10,12-13H,9,11,21H2,1-3H3,(H,22,25)(H,23,24). The molecule has 0 saturated heterocycles. The molecule has 0 radical (unpaired) electrons. The van der Waals surface area contributed by atoms with E-state index < -0.39 is 0 Å². The molecule has 0 aliphatic carbocycles. The Bertz CT molecular complexity index is 769. The first kappa shape index (κ1) is 18.5. The van der Waals surface area contributed by atoms with Crippen LogP contribution in [0.1, 0.15) is 31.4 Å². The fourth-order valence-corrected chi connectivity index (χ4v) is 2.34. The van der Waals surface area contributed by atoms with Crippen LogP contribution in [0.4, 0.5) is 17.1 Å². The molecule has 0 heterocycles. The van der Waals surface area contributed by atoms with Gasteiger partial charge in [0.05, 0.1) is 0 Å². The molecule has 132 valence electrons. The van der Waals surface area contributed by atoms with E-state index in [4.69, 9.17) is 5.73 Å². The molecule has 2 amide bonds. The van der Waals surface area contributed by atoms with Gasteiger partial charge in [-0.25, -0.2) is 0 Å². The van der Waals surface area contributed by atoms with Gasteiger partial charge in [-0.3, -0.25) is 9.59 Å². The number of aryl methyl sites for hydroxylation is 2. The molecule has 0 fully saturated rings. The first-order valence-corrected chi connectivity index (χ1v) is 8.41. The van der Waals surface area contributed by atoms with Crippen LogP contribution in [-0.2, 0) is 16.0 Å². The Morgan fingerprint density at radius 1 is 1.08 bits per heavy atom. The predicted octanol–water partition coefficient (Wildman–Crippen LogP) is 3.74. The van der Waals surface area contributed by atoms with Crippen LogP contribution in [0.5, 0.6) is 0 Å². The molecule has 2 aromatic rings. The van der Waals surface area contributed by atoms with Gasteiger partial charge in [0.1, 0.15) is 0 Å². The van der Waals surface area contributed by atoms with Crippen LogP contribution in [0.2, 0.25) is 0 Å². The van der Waals surface area contributed by atoms with Gasteiger partial charge >= 0.3 is 0 Å². The van der Waals surface area contributed by atoms with Gasteiger partial charge in [0.2, 0.25) is 11.8 Å². The molecule has 2 aromatic carbocycles. The van der Waals surface area contributed by atoms with Crippen molar-refractivity contribution in [1.29, 1.82) is 0 Å². The fraction of sp³-hybridized carbons (Fsp3) is 0.300. The molecule has 25 heavy (non-hydrogen) atoms. The van der Waals surface area contributed by atoms with Crippen molar-refractivity contribution in [2.24, 2.45) is 5.92 Å². The summed E-state index contributed by atoms with van der Waals surface area (Å²) in [5.74, 6) is -0.241. The largest absolute Gasteiger partial charge is 0.399 e. The van der Waals surface area contributed by atoms with Crippen LogP contribution in [0.3, 0.4) is 0 Å². The maximum absolute atomic E-state index is 12.3. The third kappa shape index (κ3) is 5.35. The summed E-state index contributed by atoms with van der Waals surface area (Å²) in [6.45, 7) is 5.59. The lowest BCUT2D eigenvalue weighted by Crippen LogP contribution is -2.18. The molecule has 5 heteroatoms. The predicted molar refractivity (Wildman–Crippen MR) is 102 cm³/mol. The van der Waals surface area contributed by atoms with Gasteiger partial charge < -0.3 is 16.4 Å². The van der Waals surface area contributed by atoms with E-state index in [-0.39, 0.29) is 17.7 Å². The molecule has 0 atom stereocenters. The number of hydrogen-bond acceptors (Lipinski definition) is 3. The van der Waals surface area contributed by atoms with Crippen molar-refractivity contribution in [2.45, 2.75) is 33.6 Å². The van der Waals surface area contributed by atoms with Crippen LogP contribution in [0.15, 0.2) is 42.5 Å². The molecule has 0 aliphatic rings. The van der Waals surface area contributed by atoms with Crippen LogP contribution in [0, 0.1) is 12.8 Å². The Labute approximate surface area is 148 Å². The van der Waals surface area contributed by atoms with Crippen LogP contribution in [-0.4, -0.2) is 11.8 Å². The maximum Gasteiger partial charge on any atom is 0.226 e. The zero-order chi connectivity index (χ0) is 18.4. The Hall–Kier alpha value is -2.82. The second kappa shape index (κ2) is 8.33. The summed E-state index contributed by atoms with van der Waals surface area (Å²) >= 11 is 0. The monoisotopic (exact) mass is 339 g/mol. The first-order valence-electron chi connectivity index (χ1n) is 8.41. The third-order valence-electron chi connectivity index (χ3n) is 3.98. The zero-order valence-electron chi connectivity index (χ0n) is 14.9. The van der Waals surface area contributed by atoms with E-state index in [2.05, 4.69) is 10.6 Å². The molecule has 0 spiro atoms. The molecule has 0 aromatic heterocycles. The Balaban J connectivity index is 2.00. The van der Waals surface area contributed by atoms with Crippen molar-refractivity contribution in [3.05, 3.63) is 53.6 Å². The highest BCUT2D eigenvalue weighted by Crippen LogP contribution is 2.21. The van der Waals surface area contributed by atoms with E-state index in [9.17, 15) is 9.59 Å². The fourth-order valence-electron chi connectivity index (χ4n) is 2.34. The van der Waals surface area contributed by atoms with E-state index in [1.165, 1.54) is 0 Å². The minimum absolute atomic E-state index is 0.0549. The number of anilines is 3. The third-order valence-corrected chi connectivity index (χ3v) is 3.98. The molecule has 4 N–H and O–H groups in total. The van der Waals surface area contributed by atoms with Crippen molar-refractivity contribution >= 4 is 28.9 Å². The Kier molecular flexibility index (Phi) is 6.17. The summed E-state index contributed by atoms with van der Waals surface area (Å²) in [7, 11) is 0. The second-order valence-corrected chi connectivity index (χ2v) is 6.42. The lowest BCUT2D eigenvalue weighted by atomic mass is 10.1. The lowest BCUT2D eigenvalue weighted by molar-refractivity contribution is -0.119. The van der Waals surface area contributed by atoms with Gasteiger partial charge in [0, 0.05) is 29.4 Å². The minimum atomic E-state index is -0.101. The smallest absolute Gasteiger partial charge is 0.226 e. The molecule has 5 nitrogen and oxygen atoms in total. The van der Waals surface area contributed by atoms with Gasteiger partial charge in [-0.1, -0.05) is 38.1 Å². The number of rotatable bonds is 6. The number of nitrogens with two attached hydrogens (primary N) is 1. The summed E-state index contributed by atoms with van der Waals surface area (Å²) in [6.07, 6.45) is 0.928. The van der Waals surface area contributed by atoms with Crippen LogP contribution >= 0.6 is 0 Å². The van der Waals surface area contributed by atoms with Crippen molar-refractivity contribution in [3.8, 4) is 0 Å². The molecule has 0 saturated carbocycles. The maximum atomic E-state index is 12.3. The van der Waals surface area contributed by atoms with E-state index in [0.29, 0.717) is 29.9 Å². The zero-order valence-corrected chi connectivity index (χ0v) is 14.9. The van der Waals surface area contributed by atoms with Crippen molar-refractivity contribution in [1.82, 2.24) is 0 Å². The molecule has 0 unspecified atom stereocenters. The van der Waals surface area contributed by atoms with Crippen molar-refractivity contribution < 1.29 is 9.59 Å². The second-order valence-electron chi connectivity index (χ2n) is 6.42. The number of carbonyl (C=O) groups excluding carboxylic acids is 2. The quantitative estimate of drug-likeness (QED) is 0.701. The number of amides is 2. The number of benzene rings is 2. The summed E-state index contributed by atoms with van der Waals surface area (Å²) < 4.78 is 0. The first-order chi connectivity index (χ1) is 11.9. The van der Waals surface area contributed by atoms with Gasteiger partial charge in [-0.2, -0.15) is 0 Å². The van der Waals surface area contributed by atoms with Gasteiger partial charge in [0.25, 0.3) is 0 Å². The molecular formula is C20H25N3O2. The number of hydrogen-bond donors (Lipinski definition) is 3. The summed E-state index contributed by atoms with van der Waals surface area (Å²) in [5, 5.41) is 5.75. The minimum Gasteiger partial charge on any atom is -0.399 e. The average molecular weight is 339 g/mol. The number of carbonyl (C=O) groups is 2. The topological polar surface area (TPSA) is 84.2 Å². The van der Waals surface area contributed by atoms with E-state index in [0.717, 1.165) is 11.1 Å². The van der Waals surface area contributed by atoms with E-state index in [1.54, 1.807) is 6.07 Å². The lowest BCUT2D eigenvalue weighted by Gasteiger charge is -2.13. The SMILES string of the molecule is Cc1ccc(NC(=O)C(C)C)cc1NC(=O)CCc1ccccc1N. The highest BCUT2D eigenvalue weighted by molar-refractivity contribution is 5.95. The number of nitrogens with one attached hydrogen (secondary N) is 2. The average Bonchev–Trinajstić information content (AvgIpc) is 2.57. The summed E-state index contributed by atoms with van der Waals surface area (Å²) in [6, 6.07) is 13.0. The summed E-state index contributed by atoms with van der Waals surface area (Å²) in [4.78, 5) is 24.1. The van der Waals surface area contributed by atoms with E-state index in [1.807, 2.05) is 57.2 Å².